The van der Waals surface area contributed by atoms with Crippen LogP contribution in [0.25, 0.3) is 0 Å². The Morgan fingerprint density at radius 2 is 1.47 bits per heavy atom. The van der Waals surface area contributed by atoms with Crippen LogP contribution in [0.5, 0.6) is 0 Å². The third-order valence-electron chi connectivity index (χ3n) is 2.85. The lowest BCUT2D eigenvalue weighted by Crippen LogP contribution is -2.01. The number of hydrogen-bond acceptors (Lipinski definition) is 2. The van der Waals surface area contributed by atoms with Crippen molar-refractivity contribution in [2.45, 2.75) is 9.79 Å². The van der Waals surface area contributed by atoms with E-state index in [-0.39, 0.29) is 5.78 Å². The molecule has 17 heavy (non-hydrogen) atoms. The Kier molecular flexibility index (Phi) is 2.16. The molecular formula is C14H10O2S. The SMILES string of the molecule is O=C1C=S(=O)(c2ccccc2)c2ccccc21. The molecule has 0 aromatic heterocycles. The fourth-order valence-corrected chi connectivity index (χ4v) is 4.31. The van der Waals surface area contributed by atoms with Crippen LogP contribution in [0, 0.1) is 0 Å². The summed E-state index contributed by atoms with van der Waals surface area (Å²) in [5.74, 6) is -0.144. The molecule has 1 unspecified atom stereocenters. The van der Waals surface area contributed by atoms with Gasteiger partial charge in [0.25, 0.3) is 0 Å². The molecule has 1 aliphatic heterocycles. The number of ketones is 1. The largest absolute Gasteiger partial charge is 0.289 e. The number of fused-ring (bicyclic) bond motifs is 1. The second-order valence-corrected chi connectivity index (χ2v) is 6.24. The summed E-state index contributed by atoms with van der Waals surface area (Å²) in [6, 6.07) is 16.2. The fraction of sp³-hybridized carbons (Fsp3) is 0. The van der Waals surface area contributed by atoms with Gasteiger partial charge in [-0.05, 0) is 24.3 Å². The summed E-state index contributed by atoms with van der Waals surface area (Å²) in [5.41, 5.74) is 0.557. The zero-order chi connectivity index (χ0) is 11.9. The predicted molar refractivity (Wildman–Crippen MR) is 68.0 cm³/mol. The second kappa shape index (κ2) is 3.57. The predicted octanol–water partition coefficient (Wildman–Crippen LogP) is 2.39. The van der Waals surface area contributed by atoms with Crippen molar-refractivity contribution in [3.8, 4) is 0 Å². The van der Waals surface area contributed by atoms with Crippen LogP contribution in [0.3, 0.4) is 0 Å². The van der Waals surface area contributed by atoms with E-state index in [1.807, 2.05) is 24.3 Å². The van der Waals surface area contributed by atoms with Crippen LogP contribution < -0.4 is 0 Å². The first-order chi connectivity index (χ1) is 8.22. The molecule has 84 valence electrons. The third-order valence-corrected chi connectivity index (χ3v) is 5.37. The van der Waals surface area contributed by atoms with E-state index in [9.17, 15) is 9.00 Å². The average molecular weight is 242 g/mol. The Balaban J connectivity index is 2.35. The third kappa shape index (κ3) is 1.43. The van der Waals surface area contributed by atoms with E-state index in [2.05, 4.69) is 0 Å². The first-order valence-corrected chi connectivity index (χ1v) is 6.91. The molecule has 3 heteroatoms. The number of hydrogen-bond donors (Lipinski definition) is 0. The van der Waals surface area contributed by atoms with Crippen molar-refractivity contribution in [3.05, 3.63) is 60.2 Å². The van der Waals surface area contributed by atoms with Gasteiger partial charge in [0.2, 0.25) is 0 Å². The summed E-state index contributed by atoms with van der Waals surface area (Å²) >= 11 is 0. The zero-order valence-electron chi connectivity index (χ0n) is 9.00. The second-order valence-electron chi connectivity index (χ2n) is 3.89. The molecule has 0 saturated carbocycles. The Morgan fingerprint density at radius 1 is 0.824 bits per heavy atom. The molecule has 1 atom stereocenters. The van der Waals surface area contributed by atoms with Crippen LogP contribution in [0.15, 0.2) is 64.4 Å². The molecule has 0 amide bonds. The van der Waals surface area contributed by atoms with Gasteiger partial charge in [0.15, 0.2) is 5.78 Å². The summed E-state index contributed by atoms with van der Waals surface area (Å²) in [6.07, 6.45) is 0. The topological polar surface area (TPSA) is 34.1 Å². The van der Waals surface area contributed by atoms with Crippen LogP contribution in [0.1, 0.15) is 10.4 Å². The molecule has 0 saturated heterocycles. The standard InChI is InChI=1S/C14H10O2S/c15-13-10-17(16,11-6-2-1-3-7-11)14-9-5-4-8-12(13)14/h1-10H. The molecule has 2 nitrogen and oxygen atoms in total. The molecule has 0 radical (unpaired) electrons. The van der Waals surface area contributed by atoms with Crippen molar-refractivity contribution < 1.29 is 9.00 Å². The number of benzene rings is 2. The highest BCUT2D eigenvalue weighted by Gasteiger charge is 2.27. The summed E-state index contributed by atoms with van der Waals surface area (Å²) in [4.78, 5) is 13.1. The molecule has 0 bridgehead atoms. The van der Waals surface area contributed by atoms with Crippen LogP contribution >= 0.6 is 0 Å². The van der Waals surface area contributed by atoms with Gasteiger partial charge < -0.3 is 0 Å². The Bertz CT molecular complexity index is 708. The van der Waals surface area contributed by atoms with Crippen molar-refractivity contribution in [3.63, 3.8) is 0 Å². The molecule has 0 spiro atoms. The zero-order valence-corrected chi connectivity index (χ0v) is 9.81. The number of rotatable bonds is 1. The molecule has 0 fully saturated rings. The molecular weight excluding hydrogens is 232 g/mol. The van der Waals surface area contributed by atoms with Gasteiger partial charge in [0.05, 0.1) is 0 Å². The van der Waals surface area contributed by atoms with Gasteiger partial charge in [-0.2, -0.15) is 0 Å². The molecule has 0 N–H and O–H groups in total. The van der Waals surface area contributed by atoms with Crippen LogP contribution in [0.4, 0.5) is 0 Å². The van der Waals surface area contributed by atoms with Gasteiger partial charge in [-0.25, -0.2) is 0 Å². The van der Waals surface area contributed by atoms with E-state index in [4.69, 9.17) is 0 Å². The highest BCUT2D eigenvalue weighted by molar-refractivity contribution is 8.03. The van der Waals surface area contributed by atoms with E-state index >= 15 is 0 Å². The van der Waals surface area contributed by atoms with E-state index < -0.39 is 9.52 Å². The van der Waals surface area contributed by atoms with Crippen molar-refractivity contribution in [1.82, 2.24) is 0 Å². The lowest BCUT2D eigenvalue weighted by molar-refractivity contribution is 0.107. The maximum Gasteiger partial charge on any atom is 0.195 e. The van der Waals surface area contributed by atoms with Gasteiger partial charge in [0, 0.05) is 30.2 Å². The molecule has 3 rings (SSSR count). The maximum absolute atomic E-state index is 12.9. The van der Waals surface area contributed by atoms with Gasteiger partial charge >= 0.3 is 0 Å². The summed E-state index contributed by atoms with van der Waals surface area (Å²) in [7, 11) is -2.52. The smallest absolute Gasteiger partial charge is 0.195 e. The first kappa shape index (κ1) is 10.3. The van der Waals surface area contributed by atoms with Crippen LogP contribution in [-0.2, 0) is 9.52 Å². The molecule has 2 aromatic rings. The molecule has 1 aliphatic rings. The van der Waals surface area contributed by atoms with Crippen molar-refractivity contribution in [2.75, 3.05) is 0 Å². The van der Waals surface area contributed by atoms with Crippen molar-refractivity contribution in [1.29, 1.82) is 0 Å². The van der Waals surface area contributed by atoms with E-state index in [0.29, 0.717) is 15.4 Å². The number of carbonyl (C=O) groups excluding carboxylic acids is 1. The quantitative estimate of drug-likeness (QED) is 0.719. The van der Waals surface area contributed by atoms with E-state index in [0.717, 1.165) is 0 Å². The van der Waals surface area contributed by atoms with Crippen LogP contribution in [0.2, 0.25) is 0 Å². The molecule has 2 aromatic carbocycles. The van der Waals surface area contributed by atoms with Crippen LogP contribution in [-0.4, -0.2) is 15.4 Å². The van der Waals surface area contributed by atoms with E-state index in [1.54, 1.807) is 30.3 Å². The Labute approximate surface area is 99.9 Å². The molecule has 1 heterocycles. The van der Waals surface area contributed by atoms with Crippen molar-refractivity contribution in [2.24, 2.45) is 0 Å². The maximum atomic E-state index is 12.9. The van der Waals surface area contributed by atoms with Gasteiger partial charge in [-0.15, -0.1) is 0 Å². The average Bonchev–Trinajstić information content (AvgIpc) is 2.65. The highest BCUT2D eigenvalue weighted by Crippen LogP contribution is 2.29. The highest BCUT2D eigenvalue weighted by atomic mass is 32.2. The first-order valence-electron chi connectivity index (χ1n) is 5.29. The van der Waals surface area contributed by atoms with Gasteiger partial charge in [-0.1, -0.05) is 30.3 Å². The number of Topliss-reactive ketones (excluding diaryl/α,β-unsaturated/α-hetero) is 1. The van der Waals surface area contributed by atoms with Gasteiger partial charge in [0.1, 0.15) is 0 Å². The molecule has 0 aliphatic carbocycles. The normalized spacial score (nSPS) is 22.0. The number of carbonyl (C=O) groups is 1. The minimum absolute atomic E-state index is 0.144. The minimum Gasteiger partial charge on any atom is -0.289 e. The Hall–Kier alpha value is -1.87. The lowest BCUT2D eigenvalue weighted by atomic mass is 10.2. The van der Waals surface area contributed by atoms with Gasteiger partial charge in [-0.3, -0.25) is 9.00 Å². The fourth-order valence-electron chi connectivity index (χ4n) is 2.03. The lowest BCUT2D eigenvalue weighted by Gasteiger charge is -2.07. The van der Waals surface area contributed by atoms with E-state index in [1.165, 1.54) is 5.37 Å². The summed E-state index contributed by atoms with van der Waals surface area (Å²) in [6.45, 7) is 0. The summed E-state index contributed by atoms with van der Waals surface area (Å²) < 4.78 is 12.9. The van der Waals surface area contributed by atoms with Crippen molar-refractivity contribution >= 4 is 20.7 Å². The minimum atomic E-state index is -2.52. The monoisotopic (exact) mass is 242 g/mol. The Morgan fingerprint density at radius 3 is 2.24 bits per heavy atom. The summed E-state index contributed by atoms with van der Waals surface area (Å²) in [5, 5.41) is 1.35.